The molecule has 1 amide bonds. The summed E-state index contributed by atoms with van der Waals surface area (Å²) in [6.45, 7) is 0.615. The van der Waals surface area contributed by atoms with Crippen LogP contribution in [0.5, 0.6) is 0 Å². The molecule has 5 heteroatoms. The first-order valence-corrected chi connectivity index (χ1v) is 6.08. The van der Waals surface area contributed by atoms with Gasteiger partial charge in [0.1, 0.15) is 6.07 Å². The van der Waals surface area contributed by atoms with E-state index in [1.165, 1.54) is 0 Å². The molecule has 1 aromatic carbocycles. The average Bonchev–Trinajstić information content (AvgIpc) is 2.60. The van der Waals surface area contributed by atoms with E-state index < -0.39 is 0 Å². The van der Waals surface area contributed by atoms with Gasteiger partial charge in [-0.25, -0.2) is 0 Å². The highest BCUT2D eigenvalue weighted by molar-refractivity contribution is 9.10. The maximum atomic E-state index is 11.8. The lowest BCUT2D eigenvalue weighted by atomic mass is 10.2. The van der Waals surface area contributed by atoms with E-state index in [2.05, 4.69) is 22.0 Å². The lowest BCUT2D eigenvalue weighted by molar-refractivity contribution is -0.116. The van der Waals surface area contributed by atoms with Gasteiger partial charge in [-0.3, -0.25) is 4.79 Å². The Bertz CT molecular complexity index is 483. The maximum absolute atomic E-state index is 11.8. The Balaban J connectivity index is 2.44. The second kappa shape index (κ2) is 4.44. The minimum atomic E-state index is -0.155. The molecule has 0 N–H and O–H groups in total. The quantitative estimate of drug-likeness (QED) is 0.748. The first-order valence-electron chi connectivity index (χ1n) is 4.78. The lowest BCUT2D eigenvalue weighted by Crippen LogP contribution is -2.27. The van der Waals surface area contributed by atoms with Crippen LogP contribution >= 0.6 is 27.5 Å². The highest BCUT2D eigenvalue weighted by Crippen LogP contribution is 2.30. The van der Waals surface area contributed by atoms with E-state index in [1.54, 1.807) is 23.1 Å². The average molecular weight is 300 g/mol. The zero-order valence-electron chi connectivity index (χ0n) is 8.28. The van der Waals surface area contributed by atoms with Crippen LogP contribution in [0.2, 0.25) is 5.02 Å². The number of anilines is 1. The number of amides is 1. The SMILES string of the molecule is N#Cc1ccc(Cl)cc1N1CCC(Br)C1=O. The van der Waals surface area contributed by atoms with Gasteiger partial charge in [0.25, 0.3) is 0 Å². The van der Waals surface area contributed by atoms with Gasteiger partial charge in [0.05, 0.1) is 16.1 Å². The molecule has 0 radical (unpaired) electrons. The third-order valence-electron chi connectivity index (χ3n) is 2.51. The van der Waals surface area contributed by atoms with Gasteiger partial charge in [0.2, 0.25) is 5.91 Å². The lowest BCUT2D eigenvalue weighted by Gasteiger charge is -2.17. The Morgan fingerprint density at radius 1 is 1.56 bits per heavy atom. The summed E-state index contributed by atoms with van der Waals surface area (Å²) in [4.78, 5) is 13.3. The summed E-state index contributed by atoms with van der Waals surface area (Å²) in [6.07, 6.45) is 0.746. The van der Waals surface area contributed by atoms with E-state index in [-0.39, 0.29) is 10.7 Å². The third-order valence-corrected chi connectivity index (χ3v) is 3.60. The van der Waals surface area contributed by atoms with Crippen molar-refractivity contribution in [2.24, 2.45) is 0 Å². The van der Waals surface area contributed by atoms with Crippen molar-refractivity contribution in [1.82, 2.24) is 0 Å². The van der Waals surface area contributed by atoms with Gasteiger partial charge >= 0.3 is 0 Å². The van der Waals surface area contributed by atoms with Crippen LogP contribution in [0.4, 0.5) is 5.69 Å². The predicted octanol–water partition coefficient (Wildman–Crippen LogP) is 2.71. The molecule has 1 aliphatic heterocycles. The Kier molecular flexibility index (Phi) is 3.17. The fourth-order valence-corrected chi connectivity index (χ4v) is 2.33. The molecule has 1 fully saturated rings. The molecule has 0 spiro atoms. The number of hydrogen-bond donors (Lipinski definition) is 0. The van der Waals surface area contributed by atoms with Crippen LogP contribution in [0.15, 0.2) is 18.2 Å². The van der Waals surface area contributed by atoms with Crippen molar-refractivity contribution in [3.63, 3.8) is 0 Å². The van der Waals surface area contributed by atoms with Crippen LogP contribution in [0, 0.1) is 11.3 Å². The zero-order valence-corrected chi connectivity index (χ0v) is 10.6. The smallest absolute Gasteiger partial charge is 0.240 e. The van der Waals surface area contributed by atoms with Gasteiger partial charge in [-0.1, -0.05) is 27.5 Å². The van der Waals surface area contributed by atoms with Gasteiger partial charge in [-0.05, 0) is 24.6 Å². The van der Waals surface area contributed by atoms with E-state index >= 15 is 0 Å². The fraction of sp³-hybridized carbons (Fsp3) is 0.273. The maximum Gasteiger partial charge on any atom is 0.240 e. The third kappa shape index (κ3) is 1.93. The minimum Gasteiger partial charge on any atom is -0.310 e. The molecule has 1 saturated heterocycles. The van der Waals surface area contributed by atoms with E-state index in [1.807, 2.05) is 0 Å². The largest absolute Gasteiger partial charge is 0.310 e. The monoisotopic (exact) mass is 298 g/mol. The number of hydrogen-bond acceptors (Lipinski definition) is 2. The summed E-state index contributed by atoms with van der Waals surface area (Å²) < 4.78 is 0. The molecule has 82 valence electrons. The van der Waals surface area contributed by atoms with Crippen molar-refractivity contribution < 1.29 is 4.79 Å². The number of rotatable bonds is 1. The summed E-state index contributed by atoms with van der Waals surface area (Å²) in [5.41, 5.74) is 1.07. The summed E-state index contributed by atoms with van der Waals surface area (Å²) >= 11 is 9.18. The number of benzene rings is 1. The Hall–Kier alpha value is -1.05. The molecule has 2 rings (SSSR count). The molecule has 1 aromatic rings. The molecule has 1 aliphatic rings. The van der Waals surface area contributed by atoms with Crippen LogP contribution < -0.4 is 4.90 Å². The van der Waals surface area contributed by atoms with Gasteiger partial charge in [-0.15, -0.1) is 0 Å². The topological polar surface area (TPSA) is 44.1 Å². The normalized spacial score (nSPS) is 19.9. The Labute approximate surface area is 107 Å². The molecular formula is C11H8BrClN2O. The number of nitriles is 1. The highest BCUT2D eigenvalue weighted by Gasteiger charge is 2.31. The number of nitrogens with zero attached hydrogens (tertiary/aromatic N) is 2. The van der Waals surface area contributed by atoms with Crippen LogP contribution in [0.3, 0.4) is 0 Å². The molecule has 16 heavy (non-hydrogen) atoms. The van der Waals surface area contributed by atoms with Crippen molar-refractivity contribution >= 4 is 39.1 Å². The molecule has 1 unspecified atom stereocenters. The summed E-state index contributed by atoms with van der Waals surface area (Å²) in [5, 5.41) is 9.51. The van der Waals surface area contributed by atoms with Crippen molar-refractivity contribution in [3.05, 3.63) is 28.8 Å². The molecule has 1 atom stereocenters. The number of alkyl halides is 1. The van der Waals surface area contributed by atoms with Gasteiger partial charge in [0, 0.05) is 11.6 Å². The van der Waals surface area contributed by atoms with Crippen molar-refractivity contribution in [1.29, 1.82) is 5.26 Å². The van der Waals surface area contributed by atoms with E-state index in [4.69, 9.17) is 16.9 Å². The minimum absolute atomic E-state index is 0.0150. The molecule has 0 aliphatic carbocycles. The van der Waals surface area contributed by atoms with Crippen molar-refractivity contribution in [2.45, 2.75) is 11.2 Å². The molecule has 0 bridgehead atoms. The summed E-state index contributed by atoms with van der Waals surface area (Å²) in [7, 11) is 0. The van der Waals surface area contributed by atoms with Gasteiger partial charge in [-0.2, -0.15) is 5.26 Å². The van der Waals surface area contributed by atoms with Crippen LogP contribution in [-0.2, 0) is 4.79 Å². The van der Waals surface area contributed by atoms with Gasteiger partial charge < -0.3 is 4.90 Å². The molecule has 0 aromatic heterocycles. The van der Waals surface area contributed by atoms with E-state index in [0.29, 0.717) is 22.8 Å². The standard InChI is InChI=1S/C11H8BrClN2O/c12-9-3-4-15(11(9)16)10-5-8(13)2-1-7(10)6-14/h1-2,5,9H,3-4H2. The Morgan fingerprint density at radius 3 is 2.88 bits per heavy atom. The second-order valence-electron chi connectivity index (χ2n) is 3.52. The number of halogens is 2. The molecular weight excluding hydrogens is 291 g/mol. The first kappa shape index (κ1) is 11.4. The van der Waals surface area contributed by atoms with Crippen molar-refractivity contribution in [3.8, 4) is 6.07 Å². The van der Waals surface area contributed by atoms with Crippen LogP contribution in [0.1, 0.15) is 12.0 Å². The van der Waals surface area contributed by atoms with Crippen LogP contribution in [-0.4, -0.2) is 17.3 Å². The Morgan fingerprint density at radius 2 is 2.31 bits per heavy atom. The summed E-state index contributed by atoms with van der Waals surface area (Å²) in [6, 6.07) is 7.00. The fourth-order valence-electron chi connectivity index (χ4n) is 1.71. The first-order chi connectivity index (χ1) is 7.63. The van der Waals surface area contributed by atoms with Gasteiger partial charge in [0.15, 0.2) is 0 Å². The van der Waals surface area contributed by atoms with Crippen molar-refractivity contribution in [2.75, 3.05) is 11.4 Å². The van der Waals surface area contributed by atoms with E-state index in [9.17, 15) is 4.79 Å². The predicted molar refractivity (Wildman–Crippen MR) is 65.9 cm³/mol. The highest BCUT2D eigenvalue weighted by atomic mass is 79.9. The molecule has 0 saturated carbocycles. The van der Waals surface area contributed by atoms with E-state index in [0.717, 1.165) is 6.42 Å². The molecule has 1 heterocycles. The number of carbonyl (C=O) groups excluding carboxylic acids is 1. The molecule has 3 nitrogen and oxygen atoms in total. The zero-order chi connectivity index (χ0) is 11.7. The summed E-state index contributed by atoms with van der Waals surface area (Å²) in [5.74, 6) is -0.0150. The van der Waals surface area contributed by atoms with Crippen LogP contribution in [0.25, 0.3) is 0 Å². The second-order valence-corrected chi connectivity index (χ2v) is 5.06. The number of carbonyl (C=O) groups is 1.